The van der Waals surface area contributed by atoms with Gasteiger partial charge in [-0.15, -0.1) is 0 Å². The van der Waals surface area contributed by atoms with Crippen molar-refractivity contribution in [1.29, 1.82) is 0 Å². The van der Waals surface area contributed by atoms with Gasteiger partial charge in [0.25, 0.3) is 0 Å². The van der Waals surface area contributed by atoms with Crippen molar-refractivity contribution in [1.82, 2.24) is 14.8 Å². The monoisotopic (exact) mass is 371 g/mol. The average molecular weight is 371 g/mol. The van der Waals surface area contributed by atoms with Crippen LogP contribution < -0.4 is 0 Å². The van der Waals surface area contributed by atoms with E-state index in [9.17, 15) is 9.18 Å². The zero-order valence-corrected chi connectivity index (χ0v) is 15.8. The van der Waals surface area contributed by atoms with E-state index in [0.717, 1.165) is 38.0 Å². The number of oxazole rings is 1. The topological polar surface area (TPSA) is 49.6 Å². The molecule has 1 atom stereocenters. The number of nitrogens with zero attached hydrogens (tertiary/aromatic N) is 3. The maximum atomic E-state index is 13.4. The number of likely N-dealkylation sites (tertiary alicyclic amines) is 2. The fourth-order valence-corrected chi connectivity index (χ4v) is 4.29. The maximum absolute atomic E-state index is 13.4. The molecule has 5 nitrogen and oxygen atoms in total. The molecule has 0 saturated carbocycles. The van der Waals surface area contributed by atoms with Gasteiger partial charge >= 0.3 is 0 Å². The van der Waals surface area contributed by atoms with Gasteiger partial charge in [-0.1, -0.05) is 12.1 Å². The lowest BCUT2D eigenvalue weighted by atomic mass is 9.99. The highest BCUT2D eigenvalue weighted by molar-refractivity contribution is 5.79. The summed E-state index contributed by atoms with van der Waals surface area (Å²) in [5, 5.41) is 0. The van der Waals surface area contributed by atoms with Crippen molar-refractivity contribution in [2.75, 3.05) is 26.2 Å². The Morgan fingerprint density at radius 3 is 2.85 bits per heavy atom. The molecule has 0 spiro atoms. The van der Waals surface area contributed by atoms with Crippen LogP contribution in [0.5, 0.6) is 0 Å². The summed E-state index contributed by atoms with van der Waals surface area (Å²) in [6.07, 6.45) is 6.33. The normalized spacial score (nSPS) is 23.3. The summed E-state index contributed by atoms with van der Waals surface area (Å²) < 4.78 is 19.4. The van der Waals surface area contributed by atoms with Gasteiger partial charge in [-0.05, 0) is 63.4 Å². The van der Waals surface area contributed by atoms with Gasteiger partial charge in [0, 0.05) is 13.0 Å². The van der Waals surface area contributed by atoms with Gasteiger partial charge in [0.15, 0.2) is 0 Å². The van der Waals surface area contributed by atoms with E-state index in [0.29, 0.717) is 24.6 Å². The first kappa shape index (κ1) is 18.2. The highest BCUT2D eigenvalue weighted by Gasteiger charge is 2.45. The SMILES string of the molecule is C[C@]1(c2ncc(Cc3cccc(F)c3)o2)CCCN1C(=O)CN1CCCC1. The molecule has 2 fully saturated rings. The molecule has 144 valence electrons. The number of carbonyl (C=O) groups excluding carboxylic acids is 1. The molecule has 1 aromatic heterocycles. The second kappa shape index (κ2) is 7.43. The molecule has 4 rings (SSSR count). The van der Waals surface area contributed by atoms with Crippen LogP contribution in [0.4, 0.5) is 4.39 Å². The number of carbonyl (C=O) groups is 1. The van der Waals surface area contributed by atoms with Crippen molar-refractivity contribution in [3.8, 4) is 0 Å². The van der Waals surface area contributed by atoms with E-state index >= 15 is 0 Å². The molecule has 1 amide bonds. The molecule has 0 radical (unpaired) electrons. The molecule has 2 aromatic rings. The van der Waals surface area contributed by atoms with Crippen molar-refractivity contribution in [3.63, 3.8) is 0 Å². The van der Waals surface area contributed by atoms with Crippen LogP contribution in [0.1, 0.15) is 49.8 Å². The molecule has 1 aromatic carbocycles. The molecule has 0 aliphatic carbocycles. The standard InChI is InChI=1S/C21H26FN3O2/c1-21(8-5-11-25(21)19(26)15-24-9-2-3-10-24)20-23-14-18(27-20)13-16-6-4-7-17(22)12-16/h4,6-7,12,14H,2-3,5,8-11,13,15H2,1H3/t21-/m1/s1. The summed E-state index contributed by atoms with van der Waals surface area (Å²) >= 11 is 0. The molecule has 27 heavy (non-hydrogen) atoms. The van der Waals surface area contributed by atoms with Crippen molar-refractivity contribution in [3.05, 3.63) is 53.5 Å². The minimum Gasteiger partial charge on any atom is -0.443 e. The average Bonchev–Trinajstić information content (AvgIpc) is 3.36. The van der Waals surface area contributed by atoms with E-state index < -0.39 is 5.54 Å². The molecule has 3 heterocycles. The summed E-state index contributed by atoms with van der Waals surface area (Å²) in [4.78, 5) is 21.5. The molecule has 0 unspecified atom stereocenters. The zero-order chi connectivity index (χ0) is 18.9. The third-order valence-corrected chi connectivity index (χ3v) is 5.78. The van der Waals surface area contributed by atoms with Crippen molar-refractivity contribution < 1.29 is 13.6 Å². The molecule has 2 saturated heterocycles. The Hall–Kier alpha value is -2.21. The number of rotatable bonds is 5. The van der Waals surface area contributed by atoms with Gasteiger partial charge in [0.05, 0.1) is 12.7 Å². The summed E-state index contributed by atoms with van der Waals surface area (Å²) in [6.45, 7) is 5.27. The number of hydrogen-bond acceptors (Lipinski definition) is 4. The number of amides is 1. The van der Waals surface area contributed by atoms with Crippen LogP contribution in [0.15, 0.2) is 34.9 Å². The summed E-state index contributed by atoms with van der Waals surface area (Å²) in [6, 6.07) is 6.50. The molecule has 2 aliphatic rings. The Labute approximate surface area is 159 Å². The third kappa shape index (κ3) is 3.76. The quantitative estimate of drug-likeness (QED) is 0.809. The first-order chi connectivity index (χ1) is 13.0. The van der Waals surface area contributed by atoms with Crippen molar-refractivity contribution in [2.24, 2.45) is 0 Å². The van der Waals surface area contributed by atoms with Crippen LogP contribution in [0.2, 0.25) is 0 Å². The van der Waals surface area contributed by atoms with Crippen LogP contribution in [0, 0.1) is 5.82 Å². The largest absolute Gasteiger partial charge is 0.443 e. The lowest BCUT2D eigenvalue weighted by molar-refractivity contribution is -0.137. The molecular weight excluding hydrogens is 345 g/mol. The lowest BCUT2D eigenvalue weighted by Crippen LogP contribution is -2.47. The van der Waals surface area contributed by atoms with Crippen LogP contribution in [-0.2, 0) is 16.8 Å². The Kier molecular flexibility index (Phi) is 5.00. The third-order valence-electron chi connectivity index (χ3n) is 5.78. The summed E-state index contributed by atoms with van der Waals surface area (Å²) in [5.41, 5.74) is 0.341. The fraction of sp³-hybridized carbons (Fsp3) is 0.524. The summed E-state index contributed by atoms with van der Waals surface area (Å²) in [5.74, 6) is 1.17. The van der Waals surface area contributed by atoms with Gasteiger partial charge in [0.2, 0.25) is 11.8 Å². The van der Waals surface area contributed by atoms with E-state index in [-0.39, 0.29) is 11.7 Å². The van der Waals surface area contributed by atoms with Crippen LogP contribution >= 0.6 is 0 Å². The van der Waals surface area contributed by atoms with Crippen LogP contribution in [0.3, 0.4) is 0 Å². The molecule has 2 aliphatic heterocycles. The lowest BCUT2D eigenvalue weighted by Gasteiger charge is -2.33. The highest BCUT2D eigenvalue weighted by Crippen LogP contribution is 2.38. The number of aromatic nitrogens is 1. The minimum absolute atomic E-state index is 0.154. The zero-order valence-electron chi connectivity index (χ0n) is 15.8. The molecule has 6 heteroatoms. The van der Waals surface area contributed by atoms with E-state index in [1.807, 2.05) is 17.9 Å². The van der Waals surface area contributed by atoms with E-state index in [2.05, 4.69) is 9.88 Å². The first-order valence-corrected chi connectivity index (χ1v) is 9.77. The fourth-order valence-electron chi connectivity index (χ4n) is 4.29. The van der Waals surface area contributed by atoms with Gasteiger partial charge in [-0.25, -0.2) is 9.37 Å². The Morgan fingerprint density at radius 2 is 2.07 bits per heavy atom. The smallest absolute Gasteiger partial charge is 0.237 e. The molecule has 0 bridgehead atoms. The Morgan fingerprint density at radius 1 is 1.26 bits per heavy atom. The Bertz CT molecular complexity index is 815. The second-order valence-corrected chi connectivity index (χ2v) is 7.84. The summed E-state index contributed by atoms with van der Waals surface area (Å²) in [7, 11) is 0. The maximum Gasteiger partial charge on any atom is 0.237 e. The second-order valence-electron chi connectivity index (χ2n) is 7.84. The van der Waals surface area contributed by atoms with Crippen molar-refractivity contribution >= 4 is 5.91 Å². The van der Waals surface area contributed by atoms with Gasteiger partial charge < -0.3 is 9.32 Å². The number of halogens is 1. The van der Waals surface area contributed by atoms with E-state index in [1.165, 1.54) is 25.0 Å². The van der Waals surface area contributed by atoms with Crippen LogP contribution in [-0.4, -0.2) is 46.9 Å². The van der Waals surface area contributed by atoms with Crippen molar-refractivity contribution in [2.45, 2.75) is 44.6 Å². The van der Waals surface area contributed by atoms with E-state index in [4.69, 9.17) is 4.42 Å². The predicted molar refractivity (Wildman–Crippen MR) is 99.7 cm³/mol. The van der Waals surface area contributed by atoms with Gasteiger partial charge in [0.1, 0.15) is 17.1 Å². The number of benzene rings is 1. The van der Waals surface area contributed by atoms with Gasteiger partial charge in [-0.3, -0.25) is 9.69 Å². The predicted octanol–water partition coefficient (Wildman–Crippen LogP) is 3.34. The van der Waals surface area contributed by atoms with E-state index in [1.54, 1.807) is 12.3 Å². The first-order valence-electron chi connectivity index (χ1n) is 9.77. The Balaban J connectivity index is 1.49. The highest BCUT2D eigenvalue weighted by atomic mass is 19.1. The molecule has 0 N–H and O–H groups in total. The van der Waals surface area contributed by atoms with Gasteiger partial charge in [-0.2, -0.15) is 0 Å². The minimum atomic E-state index is -0.503. The van der Waals surface area contributed by atoms with Crippen LogP contribution in [0.25, 0.3) is 0 Å². The number of hydrogen-bond donors (Lipinski definition) is 0. The molecular formula is C21H26FN3O2.